The van der Waals surface area contributed by atoms with Crippen LogP contribution in [-0.4, -0.2) is 82.3 Å². The molecule has 1 saturated carbocycles. The van der Waals surface area contributed by atoms with Crippen LogP contribution in [0.15, 0.2) is 18.6 Å². The first-order valence-electron chi connectivity index (χ1n) is 11.6. The van der Waals surface area contributed by atoms with Gasteiger partial charge in [-0.25, -0.2) is 4.98 Å². The summed E-state index contributed by atoms with van der Waals surface area (Å²) in [4.78, 5) is 41.4. The topological polar surface area (TPSA) is 69.6 Å². The number of rotatable bonds is 3. The predicted octanol–water partition coefficient (Wildman–Crippen LogP) is 2.05. The molecule has 0 radical (unpaired) electrons. The Hall–Kier alpha value is -2.02. The third kappa shape index (κ3) is 3.04. The van der Waals surface area contributed by atoms with Crippen LogP contribution in [0.25, 0.3) is 0 Å². The molecule has 1 spiro atoms. The van der Waals surface area contributed by atoms with Crippen LogP contribution < -0.4 is 0 Å². The number of carbonyl (C=O) groups is 2. The summed E-state index contributed by atoms with van der Waals surface area (Å²) in [5, 5.41) is 0. The third-order valence-corrected chi connectivity index (χ3v) is 8.52. The minimum Gasteiger partial charge on any atom is -0.342 e. The van der Waals surface area contributed by atoms with E-state index < -0.39 is 0 Å². The van der Waals surface area contributed by atoms with Gasteiger partial charge in [0, 0.05) is 51.7 Å². The summed E-state index contributed by atoms with van der Waals surface area (Å²) in [6.07, 6.45) is 11.2. The first-order valence-corrected chi connectivity index (χ1v) is 11.6. The maximum atomic E-state index is 13.7. The van der Waals surface area contributed by atoms with Gasteiger partial charge in [0.25, 0.3) is 5.91 Å². The van der Waals surface area contributed by atoms with Crippen molar-refractivity contribution in [1.82, 2.24) is 24.7 Å². The summed E-state index contributed by atoms with van der Waals surface area (Å²) in [6.45, 7) is 8.57. The zero-order valence-electron chi connectivity index (χ0n) is 18.1. The zero-order valence-corrected chi connectivity index (χ0v) is 18.1. The largest absolute Gasteiger partial charge is 0.342 e. The van der Waals surface area contributed by atoms with E-state index in [0.717, 1.165) is 84.3 Å². The lowest BCUT2D eigenvalue weighted by atomic mass is 9.65. The first kappa shape index (κ1) is 19.9. The second kappa shape index (κ2) is 7.59. The molecule has 0 unspecified atom stereocenters. The zero-order chi connectivity index (χ0) is 20.8. The highest BCUT2D eigenvalue weighted by molar-refractivity contribution is 5.92. The molecule has 2 amide bonds. The summed E-state index contributed by atoms with van der Waals surface area (Å²) in [5.74, 6) is 0.833. The van der Waals surface area contributed by atoms with Gasteiger partial charge in [-0.1, -0.05) is 6.92 Å². The molecule has 3 aliphatic heterocycles. The smallest absolute Gasteiger partial charge is 0.274 e. The number of carbonyl (C=O) groups excluding carboxylic acids is 2. The van der Waals surface area contributed by atoms with Crippen LogP contribution in [0.4, 0.5) is 0 Å². The van der Waals surface area contributed by atoms with Crippen molar-refractivity contribution in [3.8, 4) is 0 Å². The van der Waals surface area contributed by atoms with Crippen molar-refractivity contribution in [1.29, 1.82) is 0 Å². The van der Waals surface area contributed by atoms with E-state index in [1.807, 2.05) is 4.90 Å². The highest BCUT2D eigenvalue weighted by atomic mass is 16.2. The summed E-state index contributed by atoms with van der Waals surface area (Å²) in [6, 6.07) is 0. The van der Waals surface area contributed by atoms with Crippen molar-refractivity contribution in [3.63, 3.8) is 0 Å². The Bertz CT molecular complexity index is 801. The predicted molar refractivity (Wildman–Crippen MR) is 113 cm³/mol. The van der Waals surface area contributed by atoms with Crippen LogP contribution >= 0.6 is 0 Å². The molecule has 0 N–H and O–H groups in total. The second-order valence-electron chi connectivity index (χ2n) is 9.78. The van der Waals surface area contributed by atoms with Crippen LogP contribution in [0.3, 0.4) is 0 Å². The molecule has 2 atom stereocenters. The lowest BCUT2D eigenvalue weighted by Crippen LogP contribution is -2.50. The maximum absolute atomic E-state index is 13.7. The SMILES string of the molecule is CCN1C[C@H]2C3(CCN(C(=O)c4cnccn4)CC3)CC[C@@]2(C(=O)N2CCCC2)C1. The third-order valence-electron chi connectivity index (χ3n) is 8.52. The van der Waals surface area contributed by atoms with Crippen molar-refractivity contribution < 1.29 is 9.59 Å². The van der Waals surface area contributed by atoms with Crippen LogP contribution in [-0.2, 0) is 4.79 Å². The number of hydrogen-bond acceptors (Lipinski definition) is 5. The fraction of sp³-hybridized carbons (Fsp3) is 0.739. The van der Waals surface area contributed by atoms with Gasteiger partial charge in [0.05, 0.1) is 11.6 Å². The molecule has 7 heteroatoms. The molecule has 1 aliphatic carbocycles. The van der Waals surface area contributed by atoms with Crippen LogP contribution in [0, 0.1) is 16.7 Å². The van der Waals surface area contributed by atoms with Gasteiger partial charge in [-0.15, -0.1) is 0 Å². The van der Waals surface area contributed by atoms with Gasteiger partial charge in [0.1, 0.15) is 5.69 Å². The second-order valence-corrected chi connectivity index (χ2v) is 9.78. The highest BCUT2D eigenvalue weighted by Crippen LogP contribution is 2.62. The van der Waals surface area contributed by atoms with Gasteiger partial charge < -0.3 is 14.7 Å². The quantitative estimate of drug-likeness (QED) is 0.761. The summed E-state index contributed by atoms with van der Waals surface area (Å²) in [7, 11) is 0. The van der Waals surface area contributed by atoms with Gasteiger partial charge >= 0.3 is 0 Å². The summed E-state index contributed by atoms with van der Waals surface area (Å²) >= 11 is 0. The number of amides is 2. The van der Waals surface area contributed by atoms with Crippen molar-refractivity contribution in [2.75, 3.05) is 45.8 Å². The van der Waals surface area contributed by atoms with E-state index in [-0.39, 0.29) is 16.7 Å². The minimum atomic E-state index is -0.197. The Kier molecular flexibility index (Phi) is 5.04. The maximum Gasteiger partial charge on any atom is 0.274 e. The molecule has 5 rings (SSSR count). The van der Waals surface area contributed by atoms with Gasteiger partial charge in [-0.2, -0.15) is 0 Å². The molecular weight excluding hydrogens is 378 g/mol. The molecule has 1 aromatic heterocycles. The molecule has 162 valence electrons. The van der Waals surface area contributed by atoms with E-state index in [1.165, 1.54) is 0 Å². The van der Waals surface area contributed by atoms with Crippen LogP contribution in [0.2, 0.25) is 0 Å². The minimum absolute atomic E-state index is 0.0167. The van der Waals surface area contributed by atoms with Crippen LogP contribution in [0.5, 0.6) is 0 Å². The number of fused-ring (bicyclic) bond motifs is 2. The normalized spacial score (nSPS) is 30.8. The molecule has 0 bridgehead atoms. The number of aromatic nitrogens is 2. The lowest BCUT2D eigenvalue weighted by Gasteiger charge is -2.44. The van der Waals surface area contributed by atoms with E-state index >= 15 is 0 Å². The first-order chi connectivity index (χ1) is 14.6. The molecule has 1 aromatic rings. The molecule has 7 nitrogen and oxygen atoms in total. The van der Waals surface area contributed by atoms with Crippen molar-refractivity contribution >= 4 is 11.8 Å². The average Bonchev–Trinajstić information content (AvgIpc) is 3.52. The van der Waals surface area contributed by atoms with E-state index in [0.29, 0.717) is 17.5 Å². The summed E-state index contributed by atoms with van der Waals surface area (Å²) in [5.41, 5.74) is 0.423. The molecular formula is C23H33N5O2. The van der Waals surface area contributed by atoms with Gasteiger partial charge in [-0.3, -0.25) is 14.6 Å². The highest BCUT2D eigenvalue weighted by Gasteiger charge is 2.64. The number of piperidine rings is 1. The Morgan fingerprint density at radius 1 is 1.03 bits per heavy atom. The average molecular weight is 412 g/mol. The standard InChI is InChI=1S/C23H33N5O2/c1-2-26-16-19-22(5-6-23(19,17-26)21(30)28-11-3-4-12-28)7-13-27(14-8-22)20(29)18-15-24-9-10-25-18/h9-10,15,19H,2-8,11-14,16-17H2,1H3/t19-,23+/m0/s1. The molecule has 0 aromatic carbocycles. The Morgan fingerprint density at radius 3 is 2.47 bits per heavy atom. The Labute approximate surface area is 178 Å². The van der Waals surface area contributed by atoms with Gasteiger partial charge in [-0.05, 0) is 56.4 Å². The molecule has 3 saturated heterocycles. The molecule has 4 fully saturated rings. The van der Waals surface area contributed by atoms with E-state index in [9.17, 15) is 9.59 Å². The fourth-order valence-electron chi connectivity index (χ4n) is 6.81. The van der Waals surface area contributed by atoms with Crippen molar-refractivity contribution in [2.45, 2.75) is 45.4 Å². The van der Waals surface area contributed by atoms with Crippen LogP contribution in [0.1, 0.15) is 55.9 Å². The van der Waals surface area contributed by atoms with Crippen molar-refractivity contribution in [3.05, 3.63) is 24.3 Å². The number of nitrogens with zero attached hydrogens (tertiary/aromatic N) is 5. The van der Waals surface area contributed by atoms with Crippen molar-refractivity contribution in [2.24, 2.45) is 16.7 Å². The molecule has 30 heavy (non-hydrogen) atoms. The summed E-state index contributed by atoms with van der Waals surface area (Å²) < 4.78 is 0. The van der Waals surface area contributed by atoms with Gasteiger partial charge in [0.15, 0.2) is 0 Å². The Morgan fingerprint density at radius 2 is 1.80 bits per heavy atom. The number of hydrogen-bond donors (Lipinski definition) is 0. The van der Waals surface area contributed by atoms with E-state index in [2.05, 4.69) is 26.7 Å². The lowest BCUT2D eigenvalue weighted by molar-refractivity contribution is -0.142. The van der Waals surface area contributed by atoms with Gasteiger partial charge in [0.2, 0.25) is 5.91 Å². The Balaban J connectivity index is 1.34. The molecule has 4 heterocycles. The monoisotopic (exact) mass is 411 g/mol. The molecule has 4 aliphatic rings. The number of likely N-dealkylation sites (tertiary alicyclic amines) is 3. The van der Waals surface area contributed by atoms with E-state index in [1.54, 1.807) is 18.6 Å². The van der Waals surface area contributed by atoms with E-state index in [4.69, 9.17) is 0 Å². The fourth-order valence-corrected chi connectivity index (χ4v) is 6.81.